The van der Waals surface area contributed by atoms with Crippen molar-refractivity contribution >= 4 is 0 Å². The molecular weight excluding hydrogens is 203 g/mol. The van der Waals surface area contributed by atoms with Gasteiger partial charge in [0.15, 0.2) is 0 Å². The van der Waals surface area contributed by atoms with Gasteiger partial charge in [-0.15, -0.1) is 0 Å². The molecule has 1 unspecified atom stereocenters. The predicted octanol–water partition coefficient (Wildman–Crippen LogP) is 3.31. The van der Waals surface area contributed by atoms with Gasteiger partial charge in [0.2, 0.25) is 0 Å². The van der Waals surface area contributed by atoms with Crippen LogP contribution in [0.5, 0.6) is 0 Å². The summed E-state index contributed by atoms with van der Waals surface area (Å²) in [4.78, 5) is 4.11. The Morgan fingerprint density at radius 2 is 2.06 bits per heavy atom. The second-order valence-corrected chi connectivity index (χ2v) is 5.34. The van der Waals surface area contributed by atoms with Gasteiger partial charge >= 0.3 is 0 Å². The van der Waals surface area contributed by atoms with Crippen molar-refractivity contribution in [1.29, 1.82) is 0 Å². The minimum Gasteiger partial charge on any atom is -0.312 e. The Kier molecular flexibility index (Phi) is 4.42. The molecule has 0 saturated heterocycles. The SMILES string of the molecule is CNC(CCC(C)(C)C)c1ccc(F)cn1. The third-order valence-electron chi connectivity index (χ3n) is 2.64. The molecule has 0 fully saturated rings. The van der Waals surface area contributed by atoms with Gasteiger partial charge in [-0.1, -0.05) is 20.8 Å². The fourth-order valence-electron chi connectivity index (χ4n) is 1.61. The molecular formula is C13H21FN2. The molecule has 1 N–H and O–H groups in total. The zero-order valence-electron chi connectivity index (χ0n) is 10.5. The van der Waals surface area contributed by atoms with E-state index in [4.69, 9.17) is 0 Å². The standard InChI is InChI=1S/C13H21FN2/c1-13(2,3)8-7-11(15-4)12-6-5-10(14)9-16-12/h5-6,9,11,15H,7-8H2,1-4H3. The summed E-state index contributed by atoms with van der Waals surface area (Å²) in [5, 5.41) is 3.23. The zero-order valence-corrected chi connectivity index (χ0v) is 10.5. The maximum atomic E-state index is 12.7. The van der Waals surface area contributed by atoms with Crippen LogP contribution in [0.25, 0.3) is 0 Å². The highest BCUT2D eigenvalue weighted by Crippen LogP contribution is 2.26. The lowest BCUT2D eigenvalue weighted by atomic mass is 9.88. The Hall–Kier alpha value is -0.960. The Morgan fingerprint density at radius 3 is 2.50 bits per heavy atom. The van der Waals surface area contributed by atoms with E-state index in [2.05, 4.69) is 31.1 Å². The highest BCUT2D eigenvalue weighted by atomic mass is 19.1. The smallest absolute Gasteiger partial charge is 0.141 e. The second kappa shape index (κ2) is 5.39. The number of nitrogens with one attached hydrogen (secondary N) is 1. The number of aromatic nitrogens is 1. The van der Waals surface area contributed by atoms with E-state index < -0.39 is 0 Å². The average Bonchev–Trinajstić information content (AvgIpc) is 2.20. The van der Waals surface area contributed by atoms with Crippen LogP contribution in [-0.2, 0) is 0 Å². The summed E-state index contributed by atoms with van der Waals surface area (Å²) in [6.45, 7) is 6.66. The molecule has 1 atom stereocenters. The van der Waals surface area contributed by atoms with E-state index >= 15 is 0 Å². The van der Waals surface area contributed by atoms with Gasteiger partial charge in [-0.2, -0.15) is 0 Å². The number of nitrogens with zero attached hydrogens (tertiary/aromatic N) is 1. The molecule has 2 nitrogen and oxygen atoms in total. The molecule has 3 heteroatoms. The first-order chi connectivity index (χ1) is 7.42. The molecule has 0 radical (unpaired) electrons. The predicted molar refractivity (Wildman–Crippen MR) is 64.7 cm³/mol. The van der Waals surface area contributed by atoms with Crippen LogP contribution < -0.4 is 5.32 Å². The van der Waals surface area contributed by atoms with Gasteiger partial charge in [0.05, 0.1) is 11.9 Å². The molecule has 0 saturated carbocycles. The lowest BCUT2D eigenvalue weighted by Crippen LogP contribution is -2.20. The molecule has 16 heavy (non-hydrogen) atoms. The Balaban J connectivity index is 2.64. The maximum absolute atomic E-state index is 12.7. The van der Waals surface area contributed by atoms with Crippen LogP contribution in [-0.4, -0.2) is 12.0 Å². The summed E-state index contributed by atoms with van der Waals surface area (Å²) < 4.78 is 12.7. The Bertz CT molecular complexity index is 314. The quantitative estimate of drug-likeness (QED) is 0.848. The summed E-state index contributed by atoms with van der Waals surface area (Å²) in [7, 11) is 1.92. The first-order valence-electron chi connectivity index (χ1n) is 5.71. The van der Waals surface area contributed by atoms with Gasteiger partial charge < -0.3 is 5.32 Å². The first-order valence-corrected chi connectivity index (χ1v) is 5.71. The highest BCUT2D eigenvalue weighted by molar-refractivity contribution is 5.09. The molecule has 0 amide bonds. The fraction of sp³-hybridized carbons (Fsp3) is 0.615. The van der Waals surface area contributed by atoms with Gasteiger partial charge in [0, 0.05) is 6.04 Å². The minimum atomic E-state index is -0.283. The summed E-state index contributed by atoms with van der Waals surface area (Å²) in [6, 6.07) is 3.42. The molecule has 1 rings (SSSR count). The Morgan fingerprint density at radius 1 is 1.38 bits per heavy atom. The highest BCUT2D eigenvalue weighted by Gasteiger charge is 2.16. The summed E-state index contributed by atoms with van der Waals surface area (Å²) >= 11 is 0. The van der Waals surface area contributed by atoms with Crippen molar-refractivity contribution in [3.05, 3.63) is 29.8 Å². The van der Waals surface area contributed by atoms with E-state index in [1.54, 1.807) is 6.07 Å². The van der Waals surface area contributed by atoms with Crippen LogP contribution >= 0.6 is 0 Å². The van der Waals surface area contributed by atoms with Gasteiger partial charge in [-0.05, 0) is 37.4 Å². The summed E-state index contributed by atoms with van der Waals surface area (Å²) in [5.41, 5.74) is 1.22. The number of hydrogen-bond acceptors (Lipinski definition) is 2. The molecule has 90 valence electrons. The molecule has 0 spiro atoms. The number of pyridine rings is 1. The average molecular weight is 224 g/mol. The van der Waals surface area contributed by atoms with Crippen molar-refractivity contribution in [1.82, 2.24) is 10.3 Å². The topological polar surface area (TPSA) is 24.9 Å². The van der Waals surface area contributed by atoms with E-state index in [0.29, 0.717) is 5.41 Å². The van der Waals surface area contributed by atoms with Crippen molar-refractivity contribution in [3.63, 3.8) is 0 Å². The van der Waals surface area contributed by atoms with Gasteiger partial charge in [0.1, 0.15) is 5.82 Å². The first kappa shape index (κ1) is 13.1. The van der Waals surface area contributed by atoms with E-state index in [1.807, 2.05) is 7.05 Å². The van der Waals surface area contributed by atoms with E-state index in [-0.39, 0.29) is 11.9 Å². The molecule has 1 aromatic rings. The van der Waals surface area contributed by atoms with Crippen molar-refractivity contribution in [2.24, 2.45) is 5.41 Å². The van der Waals surface area contributed by atoms with Crippen LogP contribution in [0.4, 0.5) is 4.39 Å². The van der Waals surface area contributed by atoms with Gasteiger partial charge in [-0.3, -0.25) is 4.98 Å². The van der Waals surface area contributed by atoms with Gasteiger partial charge in [0.25, 0.3) is 0 Å². The van der Waals surface area contributed by atoms with Crippen LogP contribution in [0, 0.1) is 11.2 Å². The van der Waals surface area contributed by atoms with E-state index in [9.17, 15) is 4.39 Å². The third-order valence-corrected chi connectivity index (χ3v) is 2.64. The molecule has 0 aliphatic carbocycles. The van der Waals surface area contributed by atoms with Gasteiger partial charge in [-0.25, -0.2) is 4.39 Å². The molecule has 1 heterocycles. The lowest BCUT2D eigenvalue weighted by Gasteiger charge is -2.22. The minimum absolute atomic E-state index is 0.208. The lowest BCUT2D eigenvalue weighted by molar-refractivity contribution is 0.336. The van der Waals surface area contributed by atoms with Crippen LogP contribution in [0.15, 0.2) is 18.3 Å². The van der Waals surface area contributed by atoms with Crippen molar-refractivity contribution in [2.45, 2.75) is 39.7 Å². The largest absolute Gasteiger partial charge is 0.312 e. The molecule has 0 aromatic carbocycles. The number of rotatable bonds is 4. The van der Waals surface area contributed by atoms with Crippen LogP contribution in [0.2, 0.25) is 0 Å². The maximum Gasteiger partial charge on any atom is 0.141 e. The number of hydrogen-bond donors (Lipinski definition) is 1. The molecule has 0 aliphatic rings. The van der Waals surface area contributed by atoms with E-state index in [1.165, 1.54) is 12.3 Å². The molecule has 1 aromatic heterocycles. The third kappa shape index (κ3) is 4.27. The monoisotopic (exact) mass is 224 g/mol. The summed E-state index contributed by atoms with van der Waals surface area (Å²) in [6.07, 6.45) is 3.40. The fourth-order valence-corrected chi connectivity index (χ4v) is 1.61. The normalized spacial score (nSPS) is 13.8. The molecule has 0 aliphatic heterocycles. The second-order valence-electron chi connectivity index (χ2n) is 5.34. The molecule has 0 bridgehead atoms. The van der Waals surface area contributed by atoms with Crippen LogP contribution in [0.3, 0.4) is 0 Å². The van der Waals surface area contributed by atoms with Crippen molar-refractivity contribution < 1.29 is 4.39 Å². The zero-order chi connectivity index (χ0) is 12.2. The number of halogens is 1. The summed E-state index contributed by atoms with van der Waals surface area (Å²) in [5.74, 6) is -0.283. The Labute approximate surface area is 97.3 Å². The van der Waals surface area contributed by atoms with E-state index in [0.717, 1.165) is 18.5 Å². The van der Waals surface area contributed by atoms with Crippen molar-refractivity contribution in [2.75, 3.05) is 7.05 Å². The van der Waals surface area contributed by atoms with Crippen molar-refractivity contribution in [3.8, 4) is 0 Å². The van der Waals surface area contributed by atoms with Crippen LogP contribution in [0.1, 0.15) is 45.3 Å².